The van der Waals surface area contributed by atoms with Gasteiger partial charge in [0.05, 0.1) is 11.4 Å². The van der Waals surface area contributed by atoms with Gasteiger partial charge in [0.1, 0.15) is 11.6 Å². The van der Waals surface area contributed by atoms with Gasteiger partial charge >= 0.3 is 0 Å². The van der Waals surface area contributed by atoms with E-state index < -0.39 is 0 Å². The summed E-state index contributed by atoms with van der Waals surface area (Å²) in [6.45, 7) is 3.32. The predicted octanol–water partition coefficient (Wildman–Crippen LogP) is 6.23. The summed E-state index contributed by atoms with van der Waals surface area (Å²) in [5, 5.41) is 3.64. The van der Waals surface area contributed by atoms with E-state index in [0.717, 1.165) is 41.3 Å². The zero-order chi connectivity index (χ0) is 29.4. The molecule has 5 aromatic rings. The third-order valence-electron chi connectivity index (χ3n) is 7.34. The van der Waals surface area contributed by atoms with Crippen LogP contribution in [0.1, 0.15) is 21.5 Å². The molecular weight excluding hydrogens is 559 g/mol. The van der Waals surface area contributed by atoms with Crippen LogP contribution in [0.25, 0.3) is 11.3 Å². The number of anilines is 2. The third-order valence-corrected chi connectivity index (χ3v) is 8.26. The summed E-state index contributed by atoms with van der Waals surface area (Å²) >= 11 is 1.57. The number of rotatable bonds is 9. The highest BCUT2D eigenvalue weighted by atomic mass is 32.2. The maximum Gasteiger partial charge on any atom is 0.251 e. The number of piperazine rings is 1. The number of amides is 1. The van der Waals surface area contributed by atoms with Gasteiger partial charge in [-0.15, -0.1) is 0 Å². The molecule has 3 aromatic carbocycles. The Hall–Kier alpha value is -4.76. The van der Waals surface area contributed by atoms with E-state index in [4.69, 9.17) is 9.97 Å². The van der Waals surface area contributed by atoms with Crippen LogP contribution in [0.2, 0.25) is 0 Å². The van der Waals surface area contributed by atoms with Crippen LogP contribution in [0.4, 0.5) is 15.9 Å². The maximum absolute atomic E-state index is 14.4. The van der Waals surface area contributed by atoms with E-state index in [1.807, 2.05) is 72.8 Å². The van der Waals surface area contributed by atoms with Gasteiger partial charge in [0.25, 0.3) is 5.91 Å². The molecule has 1 N–H and O–H groups in total. The summed E-state index contributed by atoms with van der Waals surface area (Å²) in [4.78, 5) is 30.8. The fourth-order valence-electron chi connectivity index (χ4n) is 4.97. The summed E-state index contributed by atoms with van der Waals surface area (Å²) in [6.07, 6.45) is 3.43. The molecule has 0 unspecified atom stereocenters. The number of benzene rings is 3. The normalized spacial score (nSPS) is 13.1. The van der Waals surface area contributed by atoms with Gasteiger partial charge in [-0.05, 0) is 47.5 Å². The first-order chi connectivity index (χ1) is 21.1. The smallest absolute Gasteiger partial charge is 0.251 e. The number of hydrogen-bond acceptors (Lipinski definition) is 7. The van der Waals surface area contributed by atoms with Crippen molar-refractivity contribution in [3.8, 4) is 11.3 Å². The molecule has 1 fully saturated rings. The van der Waals surface area contributed by atoms with Gasteiger partial charge in [0.15, 0.2) is 5.16 Å². The van der Waals surface area contributed by atoms with E-state index in [9.17, 15) is 9.18 Å². The van der Waals surface area contributed by atoms with Crippen molar-refractivity contribution in [3.05, 3.63) is 132 Å². The summed E-state index contributed by atoms with van der Waals surface area (Å²) in [6, 6.07) is 30.5. The van der Waals surface area contributed by atoms with Gasteiger partial charge in [-0.25, -0.2) is 14.4 Å². The lowest BCUT2D eigenvalue weighted by atomic mass is 10.1. The topological polar surface area (TPSA) is 74.2 Å². The molecule has 6 rings (SSSR count). The number of hydrogen-bond donors (Lipinski definition) is 1. The number of halogens is 1. The summed E-state index contributed by atoms with van der Waals surface area (Å²) in [7, 11) is 0. The molecule has 1 saturated heterocycles. The van der Waals surface area contributed by atoms with Crippen molar-refractivity contribution in [2.75, 3.05) is 36.0 Å². The Balaban J connectivity index is 1.13. The van der Waals surface area contributed by atoms with Crippen molar-refractivity contribution in [2.24, 2.45) is 0 Å². The lowest BCUT2D eigenvalue weighted by molar-refractivity contribution is 0.0951. The van der Waals surface area contributed by atoms with Crippen molar-refractivity contribution in [1.82, 2.24) is 20.3 Å². The lowest BCUT2D eigenvalue weighted by Crippen LogP contribution is -2.47. The minimum atomic E-state index is -0.193. The van der Waals surface area contributed by atoms with Gasteiger partial charge in [0.2, 0.25) is 0 Å². The minimum absolute atomic E-state index is 0.116. The van der Waals surface area contributed by atoms with Crippen molar-refractivity contribution >= 4 is 29.2 Å². The van der Waals surface area contributed by atoms with Crippen molar-refractivity contribution in [2.45, 2.75) is 17.5 Å². The van der Waals surface area contributed by atoms with Crippen LogP contribution < -0.4 is 15.1 Å². The zero-order valence-electron chi connectivity index (χ0n) is 23.6. The van der Waals surface area contributed by atoms with E-state index in [2.05, 4.69) is 32.2 Å². The largest absolute Gasteiger partial charge is 0.366 e. The number of nitrogens with one attached hydrogen (secondary N) is 1. The molecule has 216 valence electrons. The van der Waals surface area contributed by atoms with Gasteiger partial charge in [-0.3, -0.25) is 9.78 Å². The fraction of sp³-hybridized carbons (Fsp3) is 0.176. The van der Waals surface area contributed by atoms with Crippen molar-refractivity contribution < 1.29 is 9.18 Å². The highest BCUT2D eigenvalue weighted by Crippen LogP contribution is 2.29. The standard InChI is InChI=1S/C34H31FN6OS/c35-29-8-4-5-9-31(29)40-18-20-41(21-19-40)32-22-30(27-6-2-1-3-7-27)38-34(39-32)43-24-26-10-12-28(13-11-26)33(42)37-23-25-14-16-36-17-15-25/h1-17,22H,18-21,23-24H2,(H,37,42). The Morgan fingerprint density at radius 1 is 0.791 bits per heavy atom. The second-order valence-corrected chi connectivity index (χ2v) is 11.2. The molecule has 0 saturated carbocycles. The fourth-order valence-corrected chi connectivity index (χ4v) is 5.78. The summed E-state index contributed by atoms with van der Waals surface area (Å²) in [5.41, 5.74) is 5.22. The van der Waals surface area contributed by atoms with Crippen LogP contribution in [0.5, 0.6) is 0 Å². The van der Waals surface area contributed by atoms with E-state index in [1.54, 1.807) is 30.2 Å². The van der Waals surface area contributed by atoms with E-state index >= 15 is 0 Å². The SMILES string of the molecule is O=C(NCc1ccncc1)c1ccc(CSc2nc(-c3ccccc3)cc(N3CCN(c4ccccc4F)CC3)n2)cc1. The van der Waals surface area contributed by atoms with Gasteiger partial charge in [-0.1, -0.05) is 66.4 Å². The molecule has 43 heavy (non-hydrogen) atoms. The van der Waals surface area contributed by atoms with Crippen LogP contribution in [0.3, 0.4) is 0 Å². The lowest BCUT2D eigenvalue weighted by Gasteiger charge is -2.37. The first kappa shape index (κ1) is 28.4. The Kier molecular flexibility index (Phi) is 8.89. The molecule has 3 heterocycles. The average Bonchev–Trinajstić information content (AvgIpc) is 3.07. The Labute approximate surface area is 254 Å². The number of thioether (sulfide) groups is 1. The van der Waals surface area contributed by atoms with Crippen LogP contribution in [0, 0.1) is 5.82 Å². The molecule has 2 aromatic heterocycles. The first-order valence-corrected chi connectivity index (χ1v) is 15.2. The molecule has 1 amide bonds. The highest BCUT2D eigenvalue weighted by Gasteiger charge is 2.21. The molecule has 1 aliphatic heterocycles. The number of pyridine rings is 1. The van der Waals surface area contributed by atoms with E-state index in [0.29, 0.717) is 41.8 Å². The second-order valence-electron chi connectivity index (χ2n) is 10.2. The van der Waals surface area contributed by atoms with Crippen molar-refractivity contribution in [3.63, 3.8) is 0 Å². The number of nitrogens with zero attached hydrogens (tertiary/aromatic N) is 5. The highest BCUT2D eigenvalue weighted by molar-refractivity contribution is 7.98. The van der Waals surface area contributed by atoms with Gasteiger partial charge in [-0.2, -0.15) is 0 Å². The number of carbonyl (C=O) groups is 1. The number of carbonyl (C=O) groups excluding carboxylic acids is 1. The number of aromatic nitrogens is 3. The molecule has 0 radical (unpaired) electrons. The molecule has 0 atom stereocenters. The second kappa shape index (κ2) is 13.5. The summed E-state index contributed by atoms with van der Waals surface area (Å²) < 4.78 is 14.4. The van der Waals surface area contributed by atoms with Crippen LogP contribution in [0.15, 0.2) is 115 Å². The van der Waals surface area contributed by atoms with Gasteiger partial charge < -0.3 is 15.1 Å². The third kappa shape index (κ3) is 7.18. The Bertz CT molecular complexity index is 1660. The molecule has 9 heteroatoms. The van der Waals surface area contributed by atoms with Crippen LogP contribution in [-0.4, -0.2) is 47.0 Å². The Morgan fingerprint density at radius 2 is 1.49 bits per heavy atom. The zero-order valence-corrected chi connectivity index (χ0v) is 24.4. The average molecular weight is 591 g/mol. The molecule has 0 bridgehead atoms. The molecule has 0 spiro atoms. The quantitative estimate of drug-likeness (QED) is 0.161. The van der Waals surface area contributed by atoms with Crippen molar-refractivity contribution in [1.29, 1.82) is 0 Å². The van der Waals surface area contributed by atoms with E-state index in [1.165, 1.54) is 6.07 Å². The van der Waals surface area contributed by atoms with Crippen LogP contribution in [-0.2, 0) is 12.3 Å². The number of para-hydroxylation sites is 1. The molecule has 0 aliphatic carbocycles. The first-order valence-electron chi connectivity index (χ1n) is 14.2. The van der Waals surface area contributed by atoms with E-state index in [-0.39, 0.29) is 11.7 Å². The molecule has 7 nitrogen and oxygen atoms in total. The molecular formula is C34H31FN6OS. The predicted molar refractivity (Wildman–Crippen MR) is 170 cm³/mol. The Morgan fingerprint density at radius 3 is 2.23 bits per heavy atom. The van der Waals surface area contributed by atoms with Crippen LogP contribution >= 0.6 is 11.8 Å². The maximum atomic E-state index is 14.4. The summed E-state index contributed by atoms with van der Waals surface area (Å²) in [5.74, 6) is 1.22. The minimum Gasteiger partial charge on any atom is -0.366 e. The van der Waals surface area contributed by atoms with Gasteiger partial charge in [0, 0.05) is 68.1 Å². The molecule has 1 aliphatic rings. The monoisotopic (exact) mass is 590 g/mol.